The van der Waals surface area contributed by atoms with E-state index in [1.807, 2.05) is 29.5 Å². The van der Waals surface area contributed by atoms with Crippen molar-refractivity contribution in [3.05, 3.63) is 180 Å². The average molecular weight is 740 g/mol. The maximum absolute atomic E-state index is 6.89. The minimum atomic E-state index is 0.189. The molecular formula is C51H37N3OS. The number of allylic oxidation sites excluding steroid dienone is 3. The molecule has 3 aromatic heterocycles. The molecule has 0 saturated carbocycles. The lowest BCUT2D eigenvalue weighted by molar-refractivity contribution is 0.591. The minimum absolute atomic E-state index is 0.189. The second kappa shape index (κ2) is 13.7. The molecular weight excluding hydrogens is 703 g/mol. The largest absolute Gasteiger partial charge is 0.456 e. The van der Waals surface area contributed by atoms with Crippen molar-refractivity contribution >= 4 is 48.1 Å². The number of nitrogens with zero attached hydrogens (tertiary/aromatic N) is 3. The van der Waals surface area contributed by atoms with Gasteiger partial charge in [-0.05, 0) is 84.2 Å². The number of benzene rings is 6. The Labute approximate surface area is 329 Å². The number of fused-ring (bicyclic) bond motifs is 6. The van der Waals surface area contributed by atoms with E-state index in [-0.39, 0.29) is 5.92 Å². The molecule has 268 valence electrons. The lowest BCUT2D eigenvalue weighted by Crippen LogP contribution is -2.09. The Morgan fingerprint density at radius 1 is 0.571 bits per heavy atom. The van der Waals surface area contributed by atoms with E-state index < -0.39 is 0 Å². The highest BCUT2D eigenvalue weighted by atomic mass is 32.1. The summed E-state index contributed by atoms with van der Waals surface area (Å²) in [5, 5.41) is 3.78. The Bertz CT molecular complexity index is 3010. The molecule has 0 aliphatic heterocycles. The minimum Gasteiger partial charge on any atom is -0.456 e. The first-order valence-corrected chi connectivity index (χ1v) is 20.4. The SMILES string of the molecule is C1=CC(c2nc(-c3ccccc3)nc(-c3cccc(-c4cccc5oc6c(c45)CCC=C6c4cccc5sc6cc(-c7ccccc7)ccc6c45)c3)n2)CCC1. The lowest BCUT2D eigenvalue weighted by Gasteiger charge is -2.17. The summed E-state index contributed by atoms with van der Waals surface area (Å²) in [7, 11) is 0. The van der Waals surface area contributed by atoms with Crippen LogP contribution in [0.5, 0.6) is 0 Å². The molecule has 0 spiro atoms. The highest BCUT2D eigenvalue weighted by Gasteiger charge is 2.26. The highest BCUT2D eigenvalue weighted by Crippen LogP contribution is 2.46. The number of thiophene rings is 1. The highest BCUT2D eigenvalue weighted by molar-refractivity contribution is 7.25. The predicted octanol–water partition coefficient (Wildman–Crippen LogP) is 13.9. The van der Waals surface area contributed by atoms with Crippen molar-refractivity contribution in [2.45, 2.75) is 38.0 Å². The Morgan fingerprint density at radius 3 is 2.16 bits per heavy atom. The fraction of sp³-hybridized carbons (Fsp3) is 0.118. The molecule has 1 unspecified atom stereocenters. The van der Waals surface area contributed by atoms with Gasteiger partial charge >= 0.3 is 0 Å². The zero-order chi connectivity index (χ0) is 37.0. The van der Waals surface area contributed by atoms with E-state index in [9.17, 15) is 0 Å². The maximum atomic E-state index is 6.89. The number of aryl methyl sites for hydroxylation is 1. The third-order valence-corrected chi connectivity index (χ3v) is 12.5. The molecule has 0 amide bonds. The summed E-state index contributed by atoms with van der Waals surface area (Å²) >= 11 is 1.87. The molecule has 3 heterocycles. The summed E-state index contributed by atoms with van der Waals surface area (Å²) in [6.45, 7) is 0. The van der Waals surface area contributed by atoms with E-state index in [0.717, 1.165) is 71.5 Å². The second-order valence-electron chi connectivity index (χ2n) is 14.9. The first-order chi connectivity index (χ1) is 27.7. The molecule has 9 aromatic rings. The predicted molar refractivity (Wildman–Crippen MR) is 232 cm³/mol. The van der Waals surface area contributed by atoms with Crippen molar-refractivity contribution in [3.8, 4) is 45.0 Å². The lowest BCUT2D eigenvalue weighted by atomic mass is 9.87. The normalized spacial score (nSPS) is 15.4. The average Bonchev–Trinajstić information content (AvgIpc) is 3.86. The Morgan fingerprint density at radius 2 is 1.32 bits per heavy atom. The van der Waals surface area contributed by atoms with Crippen LogP contribution < -0.4 is 0 Å². The first-order valence-electron chi connectivity index (χ1n) is 19.6. The van der Waals surface area contributed by atoms with Crippen LogP contribution in [0.3, 0.4) is 0 Å². The van der Waals surface area contributed by atoms with Gasteiger partial charge in [-0.15, -0.1) is 11.3 Å². The van der Waals surface area contributed by atoms with Gasteiger partial charge in [0.1, 0.15) is 17.2 Å². The molecule has 0 N–H and O–H groups in total. The molecule has 0 saturated heterocycles. The van der Waals surface area contributed by atoms with E-state index >= 15 is 0 Å². The van der Waals surface area contributed by atoms with Crippen molar-refractivity contribution in [2.75, 3.05) is 0 Å². The summed E-state index contributed by atoms with van der Waals surface area (Å²) in [6.07, 6.45) is 12.1. The summed E-state index contributed by atoms with van der Waals surface area (Å²) in [4.78, 5) is 15.2. The summed E-state index contributed by atoms with van der Waals surface area (Å²) < 4.78 is 9.48. The van der Waals surface area contributed by atoms with Crippen molar-refractivity contribution in [1.29, 1.82) is 0 Å². The van der Waals surface area contributed by atoms with Gasteiger partial charge in [0.05, 0.1) is 0 Å². The van der Waals surface area contributed by atoms with Gasteiger partial charge in [-0.3, -0.25) is 0 Å². The molecule has 5 heteroatoms. The van der Waals surface area contributed by atoms with Crippen molar-refractivity contribution in [3.63, 3.8) is 0 Å². The molecule has 4 nitrogen and oxygen atoms in total. The Kier molecular flexibility index (Phi) is 8.06. The zero-order valence-corrected chi connectivity index (χ0v) is 31.6. The van der Waals surface area contributed by atoms with Crippen molar-refractivity contribution in [1.82, 2.24) is 15.0 Å². The zero-order valence-electron chi connectivity index (χ0n) is 30.8. The molecule has 2 aliphatic carbocycles. The van der Waals surface area contributed by atoms with Crippen LogP contribution in [0.2, 0.25) is 0 Å². The monoisotopic (exact) mass is 739 g/mol. The van der Waals surface area contributed by atoms with Gasteiger partial charge in [-0.2, -0.15) is 0 Å². The first kappa shape index (κ1) is 33.0. The van der Waals surface area contributed by atoms with E-state index in [0.29, 0.717) is 11.6 Å². The van der Waals surface area contributed by atoms with Gasteiger partial charge in [0, 0.05) is 53.7 Å². The van der Waals surface area contributed by atoms with Gasteiger partial charge in [-0.25, -0.2) is 15.0 Å². The molecule has 11 rings (SSSR count). The van der Waals surface area contributed by atoms with Crippen molar-refractivity contribution < 1.29 is 4.42 Å². The maximum Gasteiger partial charge on any atom is 0.163 e. The summed E-state index contributed by atoms with van der Waals surface area (Å²) in [5.41, 5.74) is 11.3. The van der Waals surface area contributed by atoms with Crippen LogP contribution in [0, 0.1) is 0 Å². The van der Waals surface area contributed by atoms with Crippen LogP contribution >= 0.6 is 11.3 Å². The Hall–Kier alpha value is -6.43. The van der Waals surface area contributed by atoms with Crippen LogP contribution in [0.15, 0.2) is 162 Å². The fourth-order valence-corrected chi connectivity index (χ4v) is 9.88. The molecule has 6 aromatic carbocycles. The van der Waals surface area contributed by atoms with Crippen LogP contribution in [0.25, 0.3) is 81.7 Å². The van der Waals surface area contributed by atoms with Crippen LogP contribution in [0.4, 0.5) is 0 Å². The van der Waals surface area contributed by atoms with Crippen LogP contribution in [0.1, 0.15) is 54.3 Å². The molecule has 0 fully saturated rings. The summed E-state index contributed by atoms with van der Waals surface area (Å²) in [5.74, 6) is 3.43. The molecule has 0 radical (unpaired) electrons. The van der Waals surface area contributed by atoms with Gasteiger partial charge in [0.25, 0.3) is 0 Å². The van der Waals surface area contributed by atoms with Gasteiger partial charge in [0.15, 0.2) is 11.6 Å². The van der Waals surface area contributed by atoms with E-state index in [2.05, 4.69) is 140 Å². The fourth-order valence-electron chi connectivity index (χ4n) is 8.71. The molecule has 0 bridgehead atoms. The Balaban J connectivity index is 1.01. The topological polar surface area (TPSA) is 51.8 Å². The summed E-state index contributed by atoms with van der Waals surface area (Å²) in [6, 6.07) is 49.7. The number of furan rings is 1. The number of hydrogen-bond acceptors (Lipinski definition) is 5. The van der Waals surface area contributed by atoms with E-state index in [1.54, 1.807) is 0 Å². The standard InChI is InChI=1S/C51H37N3OS/c1-4-14-32(15-5-1)35-28-29-41-45(31-35)56-44-27-13-23-39(47(41)44)40-24-11-25-42-46-38(22-12-26-43(46)55-48(40)42)36-20-10-21-37(30-36)51-53-49(33-16-6-2-7-17-33)52-50(54-51)34-18-8-3-9-19-34/h1-2,4-8,10,12-18,20-24,26-31,34H,3,9,11,19,25H2. The molecule has 56 heavy (non-hydrogen) atoms. The smallest absolute Gasteiger partial charge is 0.163 e. The number of aromatic nitrogens is 3. The molecule has 2 aliphatic rings. The number of hydrogen-bond donors (Lipinski definition) is 0. The molecule has 1 atom stereocenters. The second-order valence-corrected chi connectivity index (χ2v) is 15.9. The quantitative estimate of drug-likeness (QED) is 0.159. The third kappa shape index (κ3) is 5.70. The van der Waals surface area contributed by atoms with Gasteiger partial charge in [-0.1, -0.05) is 133 Å². The van der Waals surface area contributed by atoms with Crippen molar-refractivity contribution in [2.24, 2.45) is 0 Å². The van der Waals surface area contributed by atoms with Gasteiger partial charge in [0.2, 0.25) is 0 Å². The van der Waals surface area contributed by atoms with Gasteiger partial charge < -0.3 is 4.42 Å². The van der Waals surface area contributed by atoms with Crippen LogP contribution in [-0.2, 0) is 6.42 Å². The number of rotatable bonds is 6. The van der Waals surface area contributed by atoms with Crippen LogP contribution in [-0.4, -0.2) is 15.0 Å². The third-order valence-electron chi connectivity index (χ3n) is 11.4. The van der Waals surface area contributed by atoms with E-state index in [4.69, 9.17) is 19.4 Å². The van der Waals surface area contributed by atoms with E-state index in [1.165, 1.54) is 53.4 Å².